The zero-order chi connectivity index (χ0) is 31.9. The number of ether oxygens (including phenoxy) is 3. The molecule has 2 saturated heterocycles. The van der Waals surface area contributed by atoms with E-state index in [0.717, 1.165) is 49.2 Å². The van der Waals surface area contributed by atoms with Gasteiger partial charge in [-0.25, -0.2) is 9.59 Å². The van der Waals surface area contributed by atoms with Crippen LogP contribution in [0, 0.1) is 11.8 Å². The summed E-state index contributed by atoms with van der Waals surface area (Å²) in [6, 6.07) is 18.1. The Morgan fingerprint density at radius 2 is 1.45 bits per heavy atom. The zero-order valence-corrected chi connectivity index (χ0v) is 27.1. The van der Waals surface area contributed by atoms with E-state index in [-0.39, 0.29) is 42.6 Å². The van der Waals surface area contributed by atoms with Gasteiger partial charge in [0.05, 0.1) is 5.92 Å². The third-order valence-electron chi connectivity index (χ3n) is 7.94. The lowest BCUT2D eigenvalue weighted by atomic mass is 9.86. The maximum atomic E-state index is 13.4. The van der Waals surface area contributed by atoms with Gasteiger partial charge in [0.2, 0.25) is 0 Å². The minimum atomic E-state index is -0.595. The summed E-state index contributed by atoms with van der Waals surface area (Å²) < 4.78 is 16.8. The molecule has 2 aromatic carbocycles. The molecule has 9 heteroatoms. The molecule has 2 atom stereocenters. The van der Waals surface area contributed by atoms with Crippen LogP contribution in [0.15, 0.2) is 54.6 Å². The van der Waals surface area contributed by atoms with Crippen molar-refractivity contribution in [2.24, 2.45) is 11.8 Å². The molecule has 0 unspecified atom stereocenters. The minimum Gasteiger partial charge on any atom is -0.460 e. The molecule has 0 bridgehead atoms. The molecule has 2 aliphatic rings. The molecule has 0 spiro atoms. The van der Waals surface area contributed by atoms with Gasteiger partial charge in [-0.15, -0.1) is 0 Å². The number of likely N-dealkylation sites (tertiary alicyclic amines) is 1. The number of nitrogens with one attached hydrogen (secondary N) is 1. The van der Waals surface area contributed by atoms with Gasteiger partial charge < -0.3 is 29.3 Å². The van der Waals surface area contributed by atoms with Gasteiger partial charge in [-0.2, -0.15) is 0 Å². The van der Waals surface area contributed by atoms with Crippen LogP contribution < -0.4 is 10.2 Å². The topological polar surface area (TPSA) is 97.4 Å². The average Bonchev–Trinajstić information content (AvgIpc) is 3.45. The lowest BCUT2D eigenvalue weighted by Crippen LogP contribution is -2.44. The molecule has 2 aliphatic heterocycles. The average molecular weight is 608 g/mol. The van der Waals surface area contributed by atoms with Crippen LogP contribution in [0.2, 0.25) is 0 Å². The van der Waals surface area contributed by atoms with Crippen LogP contribution in [0.5, 0.6) is 0 Å². The molecule has 2 amide bonds. The van der Waals surface area contributed by atoms with Gasteiger partial charge in [-0.05, 0) is 96.4 Å². The van der Waals surface area contributed by atoms with Crippen LogP contribution in [0.1, 0.15) is 71.9 Å². The summed E-state index contributed by atoms with van der Waals surface area (Å²) in [5.41, 5.74) is 1.97. The van der Waals surface area contributed by atoms with Gasteiger partial charge in [0.15, 0.2) is 0 Å². The Balaban J connectivity index is 1.31. The van der Waals surface area contributed by atoms with Gasteiger partial charge in [0.25, 0.3) is 0 Å². The predicted molar refractivity (Wildman–Crippen MR) is 170 cm³/mol. The third-order valence-corrected chi connectivity index (χ3v) is 7.94. The van der Waals surface area contributed by atoms with Crippen LogP contribution in [0.3, 0.4) is 0 Å². The van der Waals surface area contributed by atoms with Gasteiger partial charge in [-0.1, -0.05) is 42.5 Å². The van der Waals surface area contributed by atoms with E-state index in [1.165, 1.54) is 0 Å². The maximum Gasteiger partial charge on any atom is 0.410 e. The number of carbonyl (C=O) groups is 3. The summed E-state index contributed by atoms with van der Waals surface area (Å²) in [6.07, 6.45) is 2.21. The molecule has 0 radical (unpaired) electrons. The maximum absolute atomic E-state index is 13.4. The molecule has 4 rings (SSSR count). The van der Waals surface area contributed by atoms with E-state index < -0.39 is 11.2 Å². The molecule has 0 aliphatic carbocycles. The highest BCUT2D eigenvalue weighted by Crippen LogP contribution is 2.31. The van der Waals surface area contributed by atoms with Crippen LogP contribution in [-0.4, -0.2) is 66.5 Å². The molecule has 240 valence electrons. The Morgan fingerprint density at radius 1 is 0.818 bits per heavy atom. The Kier molecular flexibility index (Phi) is 10.8. The van der Waals surface area contributed by atoms with E-state index in [0.29, 0.717) is 19.5 Å². The fourth-order valence-corrected chi connectivity index (χ4v) is 5.74. The summed E-state index contributed by atoms with van der Waals surface area (Å²) in [4.78, 5) is 42.4. The van der Waals surface area contributed by atoms with E-state index in [9.17, 15) is 14.4 Å². The Hall–Kier alpha value is -3.75. The standard InChI is InChI=1S/C35H49N3O6/c1-34(2,3)43-31(39)30(27-16-19-38(23-27)33(41)44-35(4,5)6)22-25-12-14-29(15-13-25)37-20-17-28(18-21-37)36-32(40)42-24-26-10-8-7-9-11-26/h7-15,27-28,30H,16-24H2,1-6H3,(H,36,40)/t27-,30-/m0/s1. The number of rotatable bonds is 8. The van der Waals surface area contributed by atoms with Gasteiger partial charge in [0, 0.05) is 37.9 Å². The van der Waals surface area contributed by atoms with Crippen molar-refractivity contribution >= 4 is 23.8 Å². The van der Waals surface area contributed by atoms with Gasteiger partial charge >= 0.3 is 18.2 Å². The number of anilines is 1. The van der Waals surface area contributed by atoms with Crippen LogP contribution >= 0.6 is 0 Å². The van der Waals surface area contributed by atoms with E-state index in [4.69, 9.17) is 14.2 Å². The number of alkyl carbamates (subject to hydrolysis) is 1. The van der Waals surface area contributed by atoms with Gasteiger partial charge in [0.1, 0.15) is 17.8 Å². The summed E-state index contributed by atoms with van der Waals surface area (Å²) in [7, 11) is 0. The lowest BCUT2D eigenvalue weighted by Gasteiger charge is -2.34. The molecule has 1 N–H and O–H groups in total. The van der Waals surface area contributed by atoms with Crippen molar-refractivity contribution in [3.05, 3.63) is 65.7 Å². The number of nitrogens with zero attached hydrogens (tertiary/aromatic N) is 2. The number of benzene rings is 2. The van der Waals surface area contributed by atoms with Crippen molar-refractivity contribution < 1.29 is 28.6 Å². The highest BCUT2D eigenvalue weighted by atomic mass is 16.6. The number of esters is 1. The summed E-state index contributed by atoms with van der Waals surface area (Å²) in [5, 5.41) is 3.00. The molecule has 2 heterocycles. The largest absolute Gasteiger partial charge is 0.460 e. The smallest absolute Gasteiger partial charge is 0.410 e. The lowest BCUT2D eigenvalue weighted by molar-refractivity contribution is -0.161. The Bertz CT molecular complexity index is 1240. The molecular formula is C35H49N3O6. The summed E-state index contributed by atoms with van der Waals surface area (Å²) in [5.74, 6) is -0.603. The number of hydrogen-bond donors (Lipinski definition) is 1. The molecule has 44 heavy (non-hydrogen) atoms. The minimum absolute atomic E-state index is 0.0112. The highest BCUT2D eigenvalue weighted by Gasteiger charge is 2.39. The van der Waals surface area contributed by atoms with Crippen molar-refractivity contribution in [2.75, 3.05) is 31.1 Å². The van der Waals surface area contributed by atoms with Crippen molar-refractivity contribution in [1.82, 2.24) is 10.2 Å². The first kappa shape index (κ1) is 33.1. The van der Waals surface area contributed by atoms with Crippen molar-refractivity contribution in [1.29, 1.82) is 0 Å². The first-order valence-electron chi connectivity index (χ1n) is 15.8. The van der Waals surface area contributed by atoms with E-state index in [1.807, 2.05) is 71.9 Å². The third kappa shape index (κ3) is 10.2. The molecule has 0 saturated carbocycles. The monoisotopic (exact) mass is 607 g/mol. The van der Waals surface area contributed by atoms with Crippen molar-refractivity contribution in [3.63, 3.8) is 0 Å². The van der Waals surface area contributed by atoms with E-state index >= 15 is 0 Å². The van der Waals surface area contributed by atoms with Crippen LogP contribution in [0.4, 0.5) is 15.3 Å². The fourth-order valence-electron chi connectivity index (χ4n) is 5.74. The number of amides is 2. The van der Waals surface area contributed by atoms with Crippen molar-refractivity contribution in [2.45, 2.75) is 91.1 Å². The van der Waals surface area contributed by atoms with E-state index in [1.54, 1.807) is 4.90 Å². The van der Waals surface area contributed by atoms with E-state index in [2.05, 4.69) is 34.5 Å². The first-order valence-corrected chi connectivity index (χ1v) is 15.8. The SMILES string of the molecule is CC(C)(C)OC(=O)[C@@H](Cc1ccc(N2CCC(NC(=O)OCc3ccccc3)CC2)cc1)[C@H]1CCN(C(=O)OC(C)(C)C)C1. The second-order valence-electron chi connectivity index (χ2n) is 14.0. The number of piperidine rings is 1. The summed E-state index contributed by atoms with van der Waals surface area (Å²) >= 11 is 0. The quantitative estimate of drug-likeness (QED) is 0.276. The zero-order valence-electron chi connectivity index (χ0n) is 27.1. The normalized spacial score (nSPS) is 18.5. The van der Waals surface area contributed by atoms with Crippen LogP contribution in [0.25, 0.3) is 0 Å². The Morgan fingerprint density at radius 3 is 2.07 bits per heavy atom. The van der Waals surface area contributed by atoms with Crippen molar-refractivity contribution in [3.8, 4) is 0 Å². The second kappa shape index (κ2) is 14.4. The molecule has 2 fully saturated rings. The number of hydrogen-bond acceptors (Lipinski definition) is 7. The fraction of sp³-hybridized carbons (Fsp3) is 0.571. The molecule has 9 nitrogen and oxygen atoms in total. The first-order chi connectivity index (χ1) is 20.8. The highest BCUT2D eigenvalue weighted by molar-refractivity contribution is 5.74. The Labute approximate surface area is 262 Å². The van der Waals surface area contributed by atoms with Crippen LogP contribution in [-0.2, 0) is 32.0 Å². The summed E-state index contributed by atoms with van der Waals surface area (Å²) in [6.45, 7) is 14.2. The predicted octanol–water partition coefficient (Wildman–Crippen LogP) is 6.34. The van der Waals surface area contributed by atoms with Gasteiger partial charge in [-0.3, -0.25) is 4.79 Å². The second-order valence-corrected chi connectivity index (χ2v) is 14.0. The number of carbonyl (C=O) groups excluding carboxylic acids is 3. The molecule has 0 aromatic heterocycles. The molecular weight excluding hydrogens is 558 g/mol. The molecule has 2 aromatic rings.